The van der Waals surface area contributed by atoms with E-state index < -0.39 is 4.92 Å². The zero-order chi connectivity index (χ0) is 20.0. The normalized spacial score (nSPS) is 10.4. The highest BCUT2D eigenvalue weighted by atomic mass is 16.6. The minimum Gasteiger partial charge on any atom is -0.376 e. The molecule has 2 aromatic carbocycles. The van der Waals surface area contributed by atoms with Crippen LogP contribution in [-0.4, -0.2) is 29.3 Å². The number of rotatable bonds is 7. The summed E-state index contributed by atoms with van der Waals surface area (Å²) in [5.74, 6) is -0.616. The third-order valence-corrected chi connectivity index (χ3v) is 3.72. The van der Waals surface area contributed by atoms with Crippen LogP contribution in [0.25, 0.3) is 0 Å². The number of carbonyl (C=O) groups is 2. The van der Waals surface area contributed by atoms with Gasteiger partial charge in [-0.05, 0) is 39.0 Å². The molecule has 0 aromatic heterocycles. The highest BCUT2D eigenvalue weighted by molar-refractivity contribution is 6.01. The molecule has 0 spiro atoms. The number of nitrogens with one attached hydrogen (secondary N) is 3. The van der Waals surface area contributed by atoms with Crippen LogP contribution in [0.2, 0.25) is 0 Å². The molecule has 0 radical (unpaired) electrons. The first-order valence-corrected chi connectivity index (χ1v) is 8.46. The summed E-state index contributed by atoms with van der Waals surface area (Å²) in [7, 11) is 0. The molecule has 3 N–H and O–H groups in total. The molecule has 8 heteroatoms. The van der Waals surface area contributed by atoms with Gasteiger partial charge in [0.2, 0.25) is 5.91 Å². The van der Waals surface area contributed by atoms with Crippen LogP contribution >= 0.6 is 0 Å². The molecule has 27 heavy (non-hydrogen) atoms. The van der Waals surface area contributed by atoms with Gasteiger partial charge in [0, 0.05) is 29.0 Å². The van der Waals surface area contributed by atoms with Crippen molar-refractivity contribution in [3.8, 4) is 0 Å². The Morgan fingerprint density at radius 3 is 2.52 bits per heavy atom. The van der Waals surface area contributed by atoms with Crippen LogP contribution in [0, 0.1) is 17.0 Å². The Kier molecular flexibility index (Phi) is 6.48. The number of aryl methyl sites for hydroxylation is 1. The third-order valence-electron chi connectivity index (χ3n) is 3.72. The summed E-state index contributed by atoms with van der Waals surface area (Å²) in [6.07, 6.45) is 0. The van der Waals surface area contributed by atoms with E-state index in [-0.39, 0.29) is 30.1 Å². The molecule has 0 aliphatic heterocycles. The lowest BCUT2D eigenvalue weighted by Gasteiger charge is -2.14. The smallest absolute Gasteiger partial charge is 0.274 e. The second-order valence-electron chi connectivity index (χ2n) is 6.33. The van der Waals surface area contributed by atoms with Crippen molar-refractivity contribution < 1.29 is 14.5 Å². The monoisotopic (exact) mass is 370 g/mol. The lowest BCUT2D eigenvalue weighted by Crippen LogP contribution is -2.31. The highest BCUT2D eigenvalue weighted by Gasteiger charge is 2.14. The molecule has 8 nitrogen and oxygen atoms in total. The number of nitro groups is 1. The maximum Gasteiger partial charge on any atom is 0.274 e. The lowest BCUT2D eigenvalue weighted by molar-refractivity contribution is -0.385. The maximum atomic E-state index is 12.2. The number of anilines is 2. The van der Waals surface area contributed by atoms with Crippen LogP contribution in [0.1, 0.15) is 29.8 Å². The molecule has 0 saturated heterocycles. The van der Waals surface area contributed by atoms with E-state index in [0.29, 0.717) is 22.5 Å². The van der Waals surface area contributed by atoms with Gasteiger partial charge in [0.25, 0.3) is 11.6 Å². The molecule has 0 unspecified atom stereocenters. The van der Waals surface area contributed by atoms with Gasteiger partial charge in [0.15, 0.2) is 0 Å². The molecule has 2 rings (SSSR count). The highest BCUT2D eigenvalue weighted by Crippen LogP contribution is 2.22. The number of nitro benzene ring substituents is 1. The third kappa shape index (κ3) is 5.53. The molecule has 0 atom stereocenters. The zero-order valence-corrected chi connectivity index (χ0v) is 15.4. The Hall–Kier alpha value is -3.42. The number of carbonyl (C=O) groups excluding carboxylic acids is 2. The summed E-state index contributed by atoms with van der Waals surface area (Å²) in [5.41, 5.74) is 1.76. The van der Waals surface area contributed by atoms with Gasteiger partial charge in [-0.1, -0.05) is 18.2 Å². The van der Waals surface area contributed by atoms with E-state index in [1.54, 1.807) is 43.3 Å². The van der Waals surface area contributed by atoms with E-state index in [0.717, 1.165) is 0 Å². The second-order valence-corrected chi connectivity index (χ2v) is 6.33. The van der Waals surface area contributed by atoms with Crippen molar-refractivity contribution in [3.63, 3.8) is 0 Å². The van der Waals surface area contributed by atoms with Gasteiger partial charge in [-0.2, -0.15) is 0 Å². The predicted octanol–water partition coefficient (Wildman–Crippen LogP) is 3.09. The standard InChI is InChI=1S/C19H22N4O4/c1-12(2)21-19(25)15-6-4-5-7-16(15)20-11-18(24)22-14-9-8-13(3)17(10-14)23(26)27/h4-10,12,20H,11H2,1-3H3,(H,21,25)(H,22,24). The molecule has 0 heterocycles. The molecular weight excluding hydrogens is 348 g/mol. The van der Waals surface area contributed by atoms with Crippen molar-refractivity contribution in [1.29, 1.82) is 0 Å². The summed E-state index contributed by atoms with van der Waals surface area (Å²) in [4.78, 5) is 34.9. The van der Waals surface area contributed by atoms with Crippen LogP contribution < -0.4 is 16.0 Å². The van der Waals surface area contributed by atoms with E-state index in [1.807, 2.05) is 13.8 Å². The molecule has 0 fully saturated rings. The minimum atomic E-state index is -0.493. The van der Waals surface area contributed by atoms with Gasteiger partial charge in [-0.15, -0.1) is 0 Å². The summed E-state index contributed by atoms with van der Waals surface area (Å²) in [5, 5.41) is 19.3. The fourth-order valence-corrected chi connectivity index (χ4v) is 2.44. The topological polar surface area (TPSA) is 113 Å². The number of benzene rings is 2. The van der Waals surface area contributed by atoms with Gasteiger partial charge < -0.3 is 16.0 Å². The van der Waals surface area contributed by atoms with Crippen LogP contribution in [0.3, 0.4) is 0 Å². The first-order chi connectivity index (χ1) is 12.8. The lowest BCUT2D eigenvalue weighted by atomic mass is 10.1. The maximum absolute atomic E-state index is 12.2. The summed E-state index contributed by atoms with van der Waals surface area (Å²) >= 11 is 0. The van der Waals surface area contributed by atoms with Crippen LogP contribution in [0.5, 0.6) is 0 Å². The van der Waals surface area contributed by atoms with Crippen molar-refractivity contribution >= 4 is 28.9 Å². The van der Waals surface area contributed by atoms with Crippen LogP contribution in [-0.2, 0) is 4.79 Å². The van der Waals surface area contributed by atoms with E-state index >= 15 is 0 Å². The molecular formula is C19H22N4O4. The average molecular weight is 370 g/mol. The van der Waals surface area contributed by atoms with E-state index in [4.69, 9.17) is 0 Å². The molecule has 0 aliphatic carbocycles. The fourth-order valence-electron chi connectivity index (χ4n) is 2.44. The van der Waals surface area contributed by atoms with E-state index in [9.17, 15) is 19.7 Å². The first kappa shape index (κ1) is 19.9. The van der Waals surface area contributed by atoms with Crippen LogP contribution in [0.15, 0.2) is 42.5 Å². The Morgan fingerprint density at radius 1 is 1.15 bits per heavy atom. The Bertz CT molecular complexity index is 865. The number of para-hydroxylation sites is 1. The number of hydrogen-bond donors (Lipinski definition) is 3. The van der Waals surface area contributed by atoms with Gasteiger partial charge >= 0.3 is 0 Å². The van der Waals surface area contributed by atoms with Gasteiger partial charge in [0.05, 0.1) is 17.0 Å². The Balaban J connectivity index is 2.03. The fraction of sp³-hybridized carbons (Fsp3) is 0.263. The predicted molar refractivity (Wildman–Crippen MR) is 104 cm³/mol. The van der Waals surface area contributed by atoms with Crippen molar-refractivity contribution in [2.24, 2.45) is 0 Å². The quantitative estimate of drug-likeness (QED) is 0.512. The van der Waals surface area contributed by atoms with Gasteiger partial charge in [-0.3, -0.25) is 19.7 Å². The molecule has 2 aromatic rings. The number of amides is 2. The molecule has 0 bridgehead atoms. The van der Waals surface area contributed by atoms with Crippen LogP contribution in [0.4, 0.5) is 17.1 Å². The SMILES string of the molecule is Cc1ccc(NC(=O)CNc2ccccc2C(=O)NC(C)C)cc1[N+](=O)[O-]. The van der Waals surface area contributed by atoms with Gasteiger partial charge in [0.1, 0.15) is 0 Å². The minimum absolute atomic E-state index is 0.00816. The van der Waals surface area contributed by atoms with E-state index in [2.05, 4.69) is 16.0 Å². The Morgan fingerprint density at radius 2 is 1.85 bits per heavy atom. The van der Waals surface area contributed by atoms with Crippen molar-refractivity contribution in [2.45, 2.75) is 26.8 Å². The average Bonchev–Trinajstić information content (AvgIpc) is 2.61. The largest absolute Gasteiger partial charge is 0.376 e. The second kappa shape index (κ2) is 8.79. The van der Waals surface area contributed by atoms with Crippen molar-refractivity contribution in [2.75, 3.05) is 17.2 Å². The number of nitrogens with zero attached hydrogens (tertiary/aromatic N) is 1. The summed E-state index contributed by atoms with van der Waals surface area (Å²) in [6, 6.07) is 11.4. The summed E-state index contributed by atoms with van der Waals surface area (Å²) in [6.45, 7) is 5.27. The van der Waals surface area contributed by atoms with Gasteiger partial charge in [-0.25, -0.2) is 0 Å². The van der Waals surface area contributed by atoms with Crippen molar-refractivity contribution in [3.05, 3.63) is 63.7 Å². The zero-order valence-electron chi connectivity index (χ0n) is 15.4. The first-order valence-electron chi connectivity index (χ1n) is 8.46. The van der Waals surface area contributed by atoms with Crippen molar-refractivity contribution in [1.82, 2.24) is 5.32 Å². The Labute approximate surface area is 157 Å². The van der Waals surface area contributed by atoms with E-state index in [1.165, 1.54) is 6.07 Å². The number of hydrogen-bond acceptors (Lipinski definition) is 5. The molecule has 0 saturated carbocycles. The molecule has 2 amide bonds. The molecule has 142 valence electrons. The summed E-state index contributed by atoms with van der Waals surface area (Å²) < 4.78 is 0. The molecule has 0 aliphatic rings.